The van der Waals surface area contributed by atoms with E-state index in [1.165, 1.54) is 25.7 Å². The highest BCUT2D eigenvalue weighted by molar-refractivity contribution is 7.26. The van der Waals surface area contributed by atoms with Gasteiger partial charge in [0.25, 0.3) is 0 Å². The molecule has 5 heteroatoms. The molecule has 0 aliphatic heterocycles. The molecule has 0 spiro atoms. The number of hydrogen-bond donors (Lipinski definition) is 0. The Morgan fingerprint density at radius 2 is 1.08 bits per heavy atom. The molecular formula is C43H25N3OS. The monoisotopic (exact) mass is 631 g/mol. The van der Waals surface area contributed by atoms with Gasteiger partial charge in [0.15, 0.2) is 17.5 Å². The molecule has 0 aliphatic rings. The number of nitrogens with zero attached hydrogens (tertiary/aromatic N) is 3. The highest BCUT2D eigenvalue weighted by atomic mass is 32.1. The highest BCUT2D eigenvalue weighted by Crippen LogP contribution is 2.42. The normalized spacial score (nSPS) is 11.8. The lowest BCUT2D eigenvalue weighted by Gasteiger charge is -2.13. The first-order chi connectivity index (χ1) is 23.8. The van der Waals surface area contributed by atoms with E-state index in [9.17, 15) is 0 Å². The van der Waals surface area contributed by atoms with Crippen molar-refractivity contribution in [2.24, 2.45) is 0 Å². The molecule has 0 unspecified atom stereocenters. The molecule has 0 atom stereocenters. The van der Waals surface area contributed by atoms with Gasteiger partial charge in [-0.2, -0.15) is 0 Å². The van der Waals surface area contributed by atoms with Crippen molar-refractivity contribution in [3.8, 4) is 45.3 Å². The number of rotatable bonds is 4. The van der Waals surface area contributed by atoms with Gasteiger partial charge in [0, 0.05) is 47.6 Å². The number of thiophene rings is 1. The van der Waals surface area contributed by atoms with Crippen LogP contribution >= 0.6 is 11.3 Å². The van der Waals surface area contributed by atoms with E-state index < -0.39 is 0 Å². The van der Waals surface area contributed by atoms with Crippen molar-refractivity contribution in [1.82, 2.24) is 15.0 Å². The Kier molecular flexibility index (Phi) is 6.01. The Morgan fingerprint density at radius 1 is 0.396 bits per heavy atom. The quantitative estimate of drug-likeness (QED) is 0.194. The molecule has 0 radical (unpaired) electrons. The maximum atomic E-state index is 6.25. The number of para-hydroxylation sites is 1. The lowest BCUT2D eigenvalue weighted by molar-refractivity contribution is 0.669. The second-order valence-electron chi connectivity index (χ2n) is 12.0. The molecule has 48 heavy (non-hydrogen) atoms. The van der Waals surface area contributed by atoms with E-state index in [2.05, 4.69) is 97.1 Å². The largest absolute Gasteiger partial charge is 0.456 e. The van der Waals surface area contributed by atoms with Crippen LogP contribution in [0.1, 0.15) is 0 Å². The molecule has 7 aromatic carbocycles. The number of hydrogen-bond acceptors (Lipinski definition) is 5. The summed E-state index contributed by atoms with van der Waals surface area (Å²) < 4.78 is 8.82. The number of benzene rings is 7. The molecule has 0 saturated carbocycles. The maximum Gasteiger partial charge on any atom is 0.164 e. The SMILES string of the molecule is c1ccc(-c2nc(-c3ccc4c(c3)oc3ccccc34)nc(-c3cc(-c4cccc5c4sc4ccccc45)cc4ccccc34)n2)cc1. The summed E-state index contributed by atoms with van der Waals surface area (Å²) in [4.78, 5) is 15.3. The molecular weight excluding hydrogens is 607 g/mol. The van der Waals surface area contributed by atoms with Crippen molar-refractivity contribution in [2.75, 3.05) is 0 Å². The van der Waals surface area contributed by atoms with Crippen LogP contribution in [0.2, 0.25) is 0 Å². The summed E-state index contributed by atoms with van der Waals surface area (Å²) >= 11 is 1.84. The van der Waals surface area contributed by atoms with Gasteiger partial charge < -0.3 is 4.42 Å². The molecule has 0 bridgehead atoms. The lowest BCUT2D eigenvalue weighted by Crippen LogP contribution is -2.01. The van der Waals surface area contributed by atoms with Crippen LogP contribution in [0.5, 0.6) is 0 Å². The van der Waals surface area contributed by atoms with Crippen molar-refractivity contribution in [1.29, 1.82) is 0 Å². The van der Waals surface area contributed by atoms with Crippen molar-refractivity contribution in [2.45, 2.75) is 0 Å². The van der Waals surface area contributed by atoms with Gasteiger partial charge in [-0.05, 0) is 58.3 Å². The highest BCUT2D eigenvalue weighted by Gasteiger charge is 2.18. The van der Waals surface area contributed by atoms with Gasteiger partial charge in [0.2, 0.25) is 0 Å². The molecule has 0 amide bonds. The van der Waals surface area contributed by atoms with E-state index in [-0.39, 0.29) is 0 Å². The van der Waals surface area contributed by atoms with Gasteiger partial charge in [-0.1, -0.05) is 115 Å². The van der Waals surface area contributed by atoms with Gasteiger partial charge in [-0.15, -0.1) is 11.3 Å². The molecule has 10 aromatic rings. The zero-order chi connectivity index (χ0) is 31.6. The standard InChI is InChI=1S/C43H25N3OS/c1-2-11-26(12-3-1)41-44-42(28-21-22-33-32-15-6-8-19-37(32)47-38(33)25-28)46-43(45-41)36-24-29(23-27-13-4-5-14-30(27)36)31-17-10-18-35-34-16-7-9-20-39(34)48-40(31)35/h1-25H. The third-order valence-corrected chi connectivity index (χ3v) is 10.3. The average molecular weight is 632 g/mol. The summed E-state index contributed by atoms with van der Waals surface area (Å²) in [5.41, 5.74) is 6.78. The Morgan fingerprint density at radius 3 is 1.98 bits per heavy atom. The lowest BCUT2D eigenvalue weighted by atomic mass is 9.95. The summed E-state index contributed by atoms with van der Waals surface area (Å²) in [5.74, 6) is 1.86. The summed E-state index contributed by atoms with van der Waals surface area (Å²) in [6, 6.07) is 52.7. The second kappa shape index (κ2) is 10.7. The van der Waals surface area contributed by atoms with E-state index in [0.717, 1.165) is 55.0 Å². The van der Waals surface area contributed by atoms with Crippen LogP contribution in [-0.2, 0) is 0 Å². The maximum absolute atomic E-state index is 6.25. The predicted molar refractivity (Wildman–Crippen MR) is 199 cm³/mol. The average Bonchev–Trinajstić information content (AvgIpc) is 3.73. The Hall–Kier alpha value is -6.17. The third kappa shape index (κ3) is 4.33. The van der Waals surface area contributed by atoms with Gasteiger partial charge in [0.1, 0.15) is 11.2 Å². The van der Waals surface area contributed by atoms with E-state index in [1.54, 1.807) is 0 Å². The minimum atomic E-state index is 0.599. The van der Waals surface area contributed by atoms with Gasteiger partial charge in [-0.25, -0.2) is 15.0 Å². The van der Waals surface area contributed by atoms with Crippen LogP contribution in [0.3, 0.4) is 0 Å². The number of furan rings is 1. The molecule has 0 saturated heterocycles. The van der Waals surface area contributed by atoms with Crippen LogP contribution in [-0.4, -0.2) is 15.0 Å². The Labute approximate surface area is 279 Å². The Bertz CT molecular complexity index is 2850. The fourth-order valence-electron chi connectivity index (χ4n) is 6.83. The fourth-order valence-corrected chi connectivity index (χ4v) is 8.07. The molecule has 10 rings (SSSR count). The Balaban J connectivity index is 1.22. The van der Waals surface area contributed by atoms with Gasteiger partial charge >= 0.3 is 0 Å². The minimum absolute atomic E-state index is 0.599. The van der Waals surface area contributed by atoms with Crippen molar-refractivity contribution in [3.63, 3.8) is 0 Å². The molecule has 0 fully saturated rings. The van der Waals surface area contributed by atoms with E-state index in [4.69, 9.17) is 19.4 Å². The van der Waals surface area contributed by atoms with E-state index in [1.807, 2.05) is 65.9 Å². The van der Waals surface area contributed by atoms with Gasteiger partial charge in [-0.3, -0.25) is 0 Å². The minimum Gasteiger partial charge on any atom is -0.456 e. The smallest absolute Gasteiger partial charge is 0.164 e. The third-order valence-electron chi connectivity index (χ3n) is 9.12. The van der Waals surface area contributed by atoms with Crippen LogP contribution < -0.4 is 0 Å². The number of fused-ring (bicyclic) bond motifs is 7. The predicted octanol–water partition coefficient (Wildman–Crippen LogP) is 12.0. The second-order valence-corrected chi connectivity index (χ2v) is 13.1. The van der Waals surface area contributed by atoms with Crippen molar-refractivity contribution >= 4 is 64.2 Å². The summed E-state index contributed by atoms with van der Waals surface area (Å²) in [7, 11) is 0. The zero-order valence-corrected chi connectivity index (χ0v) is 26.4. The van der Waals surface area contributed by atoms with E-state index in [0.29, 0.717) is 17.5 Å². The summed E-state index contributed by atoms with van der Waals surface area (Å²) in [6.45, 7) is 0. The van der Waals surface area contributed by atoms with Crippen LogP contribution in [0.15, 0.2) is 156 Å². The van der Waals surface area contributed by atoms with Crippen LogP contribution in [0.4, 0.5) is 0 Å². The van der Waals surface area contributed by atoms with Crippen LogP contribution in [0.25, 0.3) is 98.2 Å². The zero-order valence-electron chi connectivity index (χ0n) is 25.6. The topological polar surface area (TPSA) is 51.8 Å². The number of aromatic nitrogens is 3. The van der Waals surface area contributed by atoms with E-state index >= 15 is 0 Å². The first-order valence-corrected chi connectivity index (χ1v) is 16.8. The van der Waals surface area contributed by atoms with Gasteiger partial charge in [0.05, 0.1) is 0 Å². The molecule has 0 N–H and O–H groups in total. The molecule has 3 aromatic heterocycles. The summed E-state index contributed by atoms with van der Waals surface area (Å²) in [5, 5.41) is 6.95. The van der Waals surface area contributed by atoms with Crippen molar-refractivity contribution < 1.29 is 4.42 Å². The molecule has 0 aliphatic carbocycles. The first kappa shape index (κ1) is 27.0. The fraction of sp³-hybridized carbons (Fsp3) is 0. The molecule has 3 heterocycles. The van der Waals surface area contributed by atoms with Crippen molar-refractivity contribution in [3.05, 3.63) is 152 Å². The first-order valence-electron chi connectivity index (χ1n) is 15.9. The summed E-state index contributed by atoms with van der Waals surface area (Å²) in [6.07, 6.45) is 0. The van der Waals surface area contributed by atoms with Crippen LogP contribution in [0, 0.1) is 0 Å². The molecule has 4 nitrogen and oxygen atoms in total. The molecule has 224 valence electrons.